The zero-order chi connectivity index (χ0) is 14.8. The number of fused-ring (bicyclic) bond motifs is 1. The van der Waals surface area contributed by atoms with Crippen molar-refractivity contribution in [1.82, 2.24) is 19.8 Å². The van der Waals surface area contributed by atoms with Crippen LogP contribution in [0.2, 0.25) is 0 Å². The minimum Gasteiger partial charge on any atom is -0.298 e. The molecule has 1 aromatic carbocycles. The number of rotatable bonds is 3. The molecule has 1 fully saturated rings. The molecule has 2 aromatic rings. The van der Waals surface area contributed by atoms with Crippen LogP contribution in [0, 0.1) is 0 Å². The third-order valence-electron chi connectivity index (χ3n) is 4.51. The van der Waals surface area contributed by atoms with Crippen molar-refractivity contribution in [2.45, 2.75) is 32.9 Å². The van der Waals surface area contributed by atoms with E-state index in [4.69, 9.17) is 4.98 Å². The highest BCUT2D eigenvalue weighted by Crippen LogP contribution is 2.21. The van der Waals surface area contributed by atoms with Crippen molar-refractivity contribution in [1.29, 1.82) is 0 Å². The molecule has 1 aliphatic rings. The summed E-state index contributed by atoms with van der Waals surface area (Å²) in [7, 11) is 0. The summed E-state index contributed by atoms with van der Waals surface area (Å²) in [6.07, 6.45) is 1.94. The molecule has 0 radical (unpaired) electrons. The van der Waals surface area contributed by atoms with Gasteiger partial charge in [-0.2, -0.15) is 0 Å². The first kappa shape index (κ1) is 14.4. The summed E-state index contributed by atoms with van der Waals surface area (Å²) in [5, 5.41) is 1.11. The molecule has 1 aliphatic heterocycles. The average molecular weight is 284 g/mol. The van der Waals surface area contributed by atoms with Crippen molar-refractivity contribution in [2.24, 2.45) is 0 Å². The summed E-state index contributed by atoms with van der Waals surface area (Å²) in [6, 6.07) is 9.10. The Balaban J connectivity index is 1.73. The third-order valence-corrected chi connectivity index (χ3v) is 4.51. The molecule has 0 N–H and O–H groups in total. The van der Waals surface area contributed by atoms with Crippen molar-refractivity contribution in [3.8, 4) is 0 Å². The second-order valence-corrected chi connectivity index (χ2v) is 6.13. The lowest BCUT2D eigenvalue weighted by Gasteiger charge is -2.39. The van der Waals surface area contributed by atoms with E-state index in [0.29, 0.717) is 6.04 Å². The smallest absolute Gasteiger partial charge is 0.145 e. The SMILES string of the molecule is CC(C)N1CCN(C(C)c2ncc3ccccc3n2)CC1. The molecular weight excluding hydrogens is 260 g/mol. The highest BCUT2D eigenvalue weighted by molar-refractivity contribution is 5.77. The molecule has 1 saturated heterocycles. The highest BCUT2D eigenvalue weighted by atomic mass is 15.3. The van der Waals surface area contributed by atoms with Crippen LogP contribution in [0.4, 0.5) is 0 Å². The third kappa shape index (κ3) is 3.06. The van der Waals surface area contributed by atoms with E-state index in [1.807, 2.05) is 18.3 Å². The first-order chi connectivity index (χ1) is 10.1. The molecule has 0 spiro atoms. The summed E-state index contributed by atoms with van der Waals surface area (Å²) in [5.41, 5.74) is 1.04. The van der Waals surface area contributed by atoms with Crippen LogP contribution in [0.3, 0.4) is 0 Å². The summed E-state index contributed by atoms with van der Waals surface area (Å²) < 4.78 is 0. The molecule has 0 saturated carbocycles. The Bertz CT molecular complexity index is 603. The number of para-hydroxylation sites is 1. The standard InChI is InChI=1S/C17H24N4/c1-13(2)20-8-10-21(11-9-20)14(3)17-18-12-15-6-4-5-7-16(15)19-17/h4-7,12-14H,8-11H2,1-3H3. The molecular formula is C17H24N4. The lowest BCUT2D eigenvalue weighted by Crippen LogP contribution is -2.49. The van der Waals surface area contributed by atoms with Gasteiger partial charge in [-0.15, -0.1) is 0 Å². The number of hydrogen-bond acceptors (Lipinski definition) is 4. The maximum absolute atomic E-state index is 4.74. The van der Waals surface area contributed by atoms with Gasteiger partial charge in [0.15, 0.2) is 0 Å². The van der Waals surface area contributed by atoms with Crippen molar-refractivity contribution < 1.29 is 0 Å². The Morgan fingerprint density at radius 3 is 2.33 bits per heavy atom. The first-order valence-corrected chi connectivity index (χ1v) is 7.85. The largest absolute Gasteiger partial charge is 0.298 e. The quantitative estimate of drug-likeness (QED) is 0.867. The molecule has 2 heterocycles. The zero-order valence-corrected chi connectivity index (χ0v) is 13.2. The van der Waals surface area contributed by atoms with Gasteiger partial charge in [-0.25, -0.2) is 9.97 Å². The Morgan fingerprint density at radius 2 is 1.62 bits per heavy atom. The predicted octanol–water partition coefficient (Wildman–Crippen LogP) is 2.72. The van der Waals surface area contributed by atoms with Crippen LogP contribution in [-0.2, 0) is 0 Å². The van der Waals surface area contributed by atoms with Crippen molar-refractivity contribution >= 4 is 10.9 Å². The van der Waals surface area contributed by atoms with Gasteiger partial charge in [0.1, 0.15) is 5.82 Å². The fourth-order valence-corrected chi connectivity index (χ4v) is 2.99. The maximum Gasteiger partial charge on any atom is 0.145 e. The minimum absolute atomic E-state index is 0.281. The lowest BCUT2D eigenvalue weighted by molar-refractivity contribution is 0.0808. The van der Waals surface area contributed by atoms with Gasteiger partial charge in [-0.3, -0.25) is 9.80 Å². The van der Waals surface area contributed by atoms with E-state index >= 15 is 0 Å². The van der Waals surface area contributed by atoms with Gasteiger partial charge >= 0.3 is 0 Å². The van der Waals surface area contributed by atoms with Gasteiger partial charge in [0.05, 0.1) is 11.6 Å². The van der Waals surface area contributed by atoms with Crippen molar-refractivity contribution in [3.63, 3.8) is 0 Å². The van der Waals surface area contributed by atoms with Gasteiger partial charge in [0, 0.05) is 43.8 Å². The summed E-state index contributed by atoms with van der Waals surface area (Å²) in [6.45, 7) is 11.2. The average Bonchev–Trinajstić information content (AvgIpc) is 2.54. The van der Waals surface area contributed by atoms with Crippen molar-refractivity contribution in [3.05, 3.63) is 36.3 Å². The van der Waals surface area contributed by atoms with Crippen LogP contribution in [0.25, 0.3) is 10.9 Å². The minimum atomic E-state index is 0.281. The Hall–Kier alpha value is -1.52. The molecule has 0 aliphatic carbocycles. The Kier molecular flexibility index (Phi) is 4.17. The molecule has 1 aromatic heterocycles. The lowest BCUT2D eigenvalue weighted by atomic mass is 10.2. The molecule has 1 atom stereocenters. The van der Waals surface area contributed by atoms with Crippen LogP contribution in [0.15, 0.2) is 30.5 Å². The number of aromatic nitrogens is 2. The molecule has 0 amide bonds. The molecule has 21 heavy (non-hydrogen) atoms. The summed E-state index contributed by atoms with van der Waals surface area (Å²) >= 11 is 0. The van der Waals surface area contributed by atoms with E-state index in [-0.39, 0.29) is 6.04 Å². The van der Waals surface area contributed by atoms with Crippen molar-refractivity contribution in [2.75, 3.05) is 26.2 Å². The zero-order valence-electron chi connectivity index (χ0n) is 13.2. The van der Waals surface area contributed by atoms with Crippen LogP contribution >= 0.6 is 0 Å². The fourth-order valence-electron chi connectivity index (χ4n) is 2.99. The maximum atomic E-state index is 4.74. The van der Waals surface area contributed by atoms with Crippen LogP contribution in [-0.4, -0.2) is 52.0 Å². The first-order valence-electron chi connectivity index (χ1n) is 7.85. The molecule has 112 valence electrons. The summed E-state index contributed by atoms with van der Waals surface area (Å²) in [4.78, 5) is 14.3. The molecule has 0 bridgehead atoms. The van der Waals surface area contributed by atoms with E-state index in [0.717, 1.165) is 42.9 Å². The molecule has 4 heteroatoms. The molecule has 3 rings (SSSR count). The van der Waals surface area contributed by atoms with E-state index in [1.165, 1.54) is 0 Å². The Labute approximate surface area is 126 Å². The Morgan fingerprint density at radius 1 is 0.952 bits per heavy atom. The van der Waals surface area contributed by atoms with E-state index < -0.39 is 0 Å². The number of piperazine rings is 1. The van der Waals surface area contributed by atoms with E-state index in [1.54, 1.807) is 0 Å². The number of hydrogen-bond donors (Lipinski definition) is 0. The van der Waals surface area contributed by atoms with Crippen LogP contribution in [0.1, 0.15) is 32.6 Å². The monoisotopic (exact) mass is 284 g/mol. The fraction of sp³-hybridized carbons (Fsp3) is 0.529. The van der Waals surface area contributed by atoms with Crippen LogP contribution in [0.5, 0.6) is 0 Å². The topological polar surface area (TPSA) is 32.3 Å². The van der Waals surface area contributed by atoms with E-state index in [2.05, 4.69) is 47.7 Å². The van der Waals surface area contributed by atoms with Gasteiger partial charge in [-0.1, -0.05) is 18.2 Å². The van der Waals surface area contributed by atoms with Gasteiger partial charge in [0.25, 0.3) is 0 Å². The summed E-state index contributed by atoms with van der Waals surface area (Å²) in [5.74, 6) is 0.937. The molecule has 1 unspecified atom stereocenters. The van der Waals surface area contributed by atoms with E-state index in [9.17, 15) is 0 Å². The van der Waals surface area contributed by atoms with Gasteiger partial charge in [0.2, 0.25) is 0 Å². The normalized spacial score (nSPS) is 19.2. The number of nitrogens with zero attached hydrogens (tertiary/aromatic N) is 4. The van der Waals surface area contributed by atoms with Crippen LogP contribution < -0.4 is 0 Å². The van der Waals surface area contributed by atoms with Gasteiger partial charge < -0.3 is 0 Å². The second-order valence-electron chi connectivity index (χ2n) is 6.13. The predicted molar refractivity (Wildman–Crippen MR) is 86.2 cm³/mol. The van der Waals surface area contributed by atoms with Gasteiger partial charge in [-0.05, 0) is 26.8 Å². The molecule has 4 nitrogen and oxygen atoms in total. The second kappa shape index (κ2) is 6.08. The highest BCUT2D eigenvalue weighted by Gasteiger charge is 2.24. The number of benzene rings is 1.